The van der Waals surface area contributed by atoms with Crippen LogP contribution in [0.15, 0.2) is 46.2 Å². The van der Waals surface area contributed by atoms with Gasteiger partial charge in [-0.05, 0) is 12.5 Å². The number of aryl methyl sites for hydroxylation is 1. The van der Waals surface area contributed by atoms with Gasteiger partial charge < -0.3 is 14.9 Å². The van der Waals surface area contributed by atoms with Crippen molar-refractivity contribution in [3.63, 3.8) is 0 Å². The molecule has 29 heavy (non-hydrogen) atoms. The number of aliphatic hydroxyl groups is 2. The number of ether oxygens (including phenoxy) is 1. The number of aromatic nitrogens is 5. The molecule has 3 aromatic rings. The summed E-state index contributed by atoms with van der Waals surface area (Å²) in [6.45, 7) is 2.13. The molecule has 0 unspecified atom stereocenters. The molecule has 1 aromatic carbocycles. The molecule has 1 saturated heterocycles. The molecule has 10 heteroatoms. The molecule has 3 N–H and O–H groups in total. The van der Waals surface area contributed by atoms with Gasteiger partial charge in [0.05, 0.1) is 31.0 Å². The number of hydrogen-bond donors (Lipinski definition) is 3. The van der Waals surface area contributed by atoms with Gasteiger partial charge in [-0.1, -0.05) is 35.0 Å². The van der Waals surface area contributed by atoms with Gasteiger partial charge >= 0.3 is 5.69 Å². The van der Waals surface area contributed by atoms with Gasteiger partial charge in [0.1, 0.15) is 18.0 Å². The van der Waals surface area contributed by atoms with Crippen molar-refractivity contribution >= 4 is 0 Å². The number of benzene rings is 1. The van der Waals surface area contributed by atoms with Crippen LogP contribution < -0.4 is 11.2 Å². The van der Waals surface area contributed by atoms with Gasteiger partial charge in [0, 0.05) is 12.6 Å². The first-order chi connectivity index (χ1) is 13.9. The molecule has 0 saturated carbocycles. The van der Waals surface area contributed by atoms with E-state index in [9.17, 15) is 19.8 Å². The lowest BCUT2D eigenvalue weighted by Crippen LogP contribution is -2.33. The Kier molecular flexibility index (Phi) is 5.14. The first-order valence-electron chi connectivity index (χ1n) is 9.20. The molecule has 3 heterocycles. The van der Waals surface area contributed by atoms with Crippen LogP contribution in [0, 0.1) is 6.92 Å². The summed E-state index contributed by atoms with van der Waals surface area (Å²) in [5, 5.41) is 27.3. The predicted octanol–water partition coefficient (Wildman–Crippen LogP) is -0.207. The highest BCUT2D eigenvalue weighted by atomic mass is 16.5. The molecule has 0 spiro atoms. The molecule has 0 amide bonds. The van der Waals surface area contributed by atoms with Crippen LogP contribution in [0.2, 0.25) is 0 Å². The molecule has 2 aromatic heterocycles. The Balaban J connectivity index is 1.63. The zero-order valence-electron chi connectivity index (χ0n) is 15.7. The molecule has 1 fully saturated rings. The van der Waals surface area contributed by atoms with Crippen LogP contribution in [0.3, 0.4) is 0 Å². The maximum Gasteiger partial charge on any atom is 0.330 e. The highest BCUT2D eigenvalue weighted by Crippen LogP contribution is 2.27. The fourth-order valence-corrected chi connectivity index (χ4v) is 3.43. The van der Waals surface area contributed by atoms with Gasteiger partial charge in [0.15, 0.2) is 0 Å². The molecule has 0 aliphatic carbocycles. The monoisotopic (exact) mass is 399 g/mol. The number of rotatable bonds is 5. The third kappa shape index (κ3) is 3.90. The van der Waals surface area contributed by atoms with E-state index < -0.39 is 29.7 Å². The fraction of sp³-hybridized carbons (Fsp3) is 0.368. The molecule has 3 atom stereocenters. The molecule has 0 radical (unpaired) electrons. The average Bonchev–Trinajstić information content (AvgIpc) is 3.28. The molecular formula is C19H21N5O5. The van der Waals surface area contributed by atoms with E-state index >= 15 is 0 Å². The minimum atomic E-state index is -0.900. The molecular weight excluding hydrogens is 378 g/mol. The Morgan fingerprint density at radius 1 is 1.31 bits per heavy atom. The van der Waals surface area contributed by atoms with Crippen LogP contribution in [-0.4, -0.2) is 53.6 Å². The fourth-order valence-electron chi connectivity index (χ4n) is 3.43. The van der Waals surface area contributed by atoms with Crippen LogP contribution in [-0.2, 0) is 11.3 Å². The van der Waals surface area contributed by atoms with Crippen molar-refractivity contribution in [1.29, 1.82) is 0 Å². The van der Waals surface area contributed by atoms with Gasteiger partial charge in [-0.25, -0.2) is 9.48 Å². The zero-order chi connectivity index (χ0) is 20.5. The van der Waals surface area contributed by atoms with E-state index in [1.807, 2.05) is 31.2 Å². The van der Waals surface area contributed by atoms with E-state index in [0.29, 0.717) is 12.2 Å². The summed E-state index contributed by atoms with van der Waals surface area (Å²) in [5.74, 6) is 0. The Morgan fingerprint density at radius 2 is 2.14 bits per heavy atom. The number of hydrogen-bond acceptors (Lipinski definition) is 7. The third-order valence-corrected chi connectivity index (χ3v) is 4.90. The van der Waals surface area contributed by atoms with Gasteiger partial charge in [-0.3, -0.25) is 14.3 Å². The second-order valence-electron chi connectivity index (χ2n) is 7.11. The number of nitrogens with zero attached hydrogens (tertiary/aromatic N) is 4. The predicted molar refractivity (Wildman–Crippen MR) is 102 cm³/mol. The van der Waals surface area contributed by atoms with Crippen LogP contribution in [0.5, 0.6) is 0 Å². The Hall–Kier alpha value is -3.08. The van der Waals surface area contributed by atoms with E-state index in [0.717, 1.165) is 11.1 Å². The highest BCUT2D eigenvalue weighted by molar-refractivity contribution is 5.54. The van der Waals surface area contributed by atoms with Gasteiger partial charge in [0.2, 0.25) is 0 Å². The van der Waals surface area contributed by atoms with Gasteiger partial charge in [-0.15, -0.1) is 5.10 Å². The number of aromatic amines is 1. The first kappa shape index (κ1) is 19.2. The Morgan fingerprint density at radius 3 is 2.86 bits per heavy atom. The first-order valence-corrected chi connectivity index (χ1v) is 9.20. The average molecular weight is 399 g/mol. The van der Waals surface area contributed by atoms with E-state index in [4.69, 9.17) is 4.74 Å². The summed E-state index contributed by atoms with van der Waals surface area (Å²) in [5.41, 5.74) is 1.39. The lowest BCUT2D eigenvalue weighted by molar-refractivity contribution is -0.0458. The standard InChI is InChI=1S/C19H21N5O5/c1-11-3-2-4-12(5-11)7-23-9-14(21-22-23)13-8-24(19(28)20-18(13)27)17-6-15(26)16(10-25)29-17/h2-5,8-9,15-17,25-26H,6-7,10H2,1H3,(H,20,27,28)/t15-,16+,17+/m0/s1. The summed E-state index contributed by atoms with van der Waals surface area (Å²) in [4.78, 5) is 26.8. The summed E-state index contributed by atoms with van der Waals surface area (Å²) in [6, 6.07) is 7.97. The van der Waals surface area contributed by atoms with Crippen LogP contribution in [0.25, 0.3) is 11.3 Å². The Labute approximate surface area is 165 Å². The molecule has 4 rings (SSSR count). The minimum absolute atomic E-state index is 0.122. The molecule has 0 bridgehead atoms. The van der Waals surface area contributed by atoms with Crippen molar-refractivity contribution in [2.24, 2.45) is 0 Å². The number of nitrogens with one attached hydrogen (secondary N) is 1. The lowest BCUT2D eigenvalue weighted by atomic mass is 10.1. The topological polar surface area (TPSA) is 135 Å². The van der Waals surface area contributed by atoms with Crippen LogP contribution in [0.1, 0.15) is 23.8 Å². The maximum absolute atomic E-state index is 12.3. The van der Waals surface area contributed by atoms with Crippen molar-refractivity contribution in [3.8, 4) is 11.3 Å². The van der Waals surface area contributed by atoms with Crippen molar-refractivity contribution in [1.82, 2.24) is 24.5 Å². The second-order valence-corrected chi connectivity index (χ2v) is 7.11. The lowest BCUT2D eigenvalue weighted by Gasteiger charge is -2.14. The zero-order valence-corrected chi connectivity index (χ0v) is 15.7. The second kappa shape index (κ2) is 7.74. The molecule has 10 nitrogen and oxygen atoms in total. The number of H-pyrrole nitrogens is 1. The molecule has 152 valence electrons. The van der Waals surface area contributed by atoms with E-state index in [1.54, 1.807) is 10.9 Å². The highest BCUT2D eigenvalue weighted by Gasteiger charge is 2.35. The van der Waals surface area contributed by atoms with E-state index in [-0.39, 0.29) is 18.6 Å². The Bertz CT molecular complexity index is 1130. The third-order valence-electron chi connectivity index (χ3n) is 4.90. The summed E-state index contributed by atoms with van der Waals surface area (Å²) < 4.78 is 8.31. The largest absolute Gasteiger partial charge is 0.394 e. The minimum Gasteiger partial charge on any atom is -0.394 e. The van der Waals surface area contributed by atoms with Gasteiger partial charge in [-0.2, -0.15) is 0 Å². The van der Waals surface area contributed by atoms with Crippen LogP contribution >= 0.6 is 0 Å². The molecule has 1 aliphatic heterocycles. The van der Waals surface area contributed by atoms with Crippen molar-refractivity contribution in [2.75, 3.05) is 6.61 Å². The quantitative estimate of drug-likeness (QED) is 0.540. The normalized spacial score (nSPS) is 21.6. The van der Waals surface area contributed by atoms with Crippen molar-refractivity contribution < 1.29 is 14.9 Å². The van der Waals surface area contributed by atoms with E-state index in [2.05, 4.69) is 15.3 Å². The van der Waals surface area contributed by atoms with Crippen molar-refractivity contribution in [3.05, 3.63) is 68.6 Å². The van der Waals surface area contributed by atoms with E-state index in [1.165, 1.54) is 10.8 Å². The SMILES string of the molecule is Cc1cccc(Cn2cc(-c3cn([C@H]4C[C@H](O)[C@@H](CO)O4)c(=O)[nH]c3=O)nn2)c1. The number of aliphatic hydroxyl groups excluding tert-OH is 2. The maximum atomic E-state index is 12.3. The van der Waals surface area contributed by atoms with Crippen LogP contribution in [0.4, 0.5) is 0 Å². The smallest absolute Gasteiger partial charge is 0.330 e. The van der Waals surface area contributed by atoms with Crippen molar-refractivity contribution in [2.45, 2.75) is 38.3 Å². The molecule has 1 aliphatic rings. The van der Waals surface area contributed by atoms with Gasteiger partial charge in [0.25, 0.3) is 5.56 Å². The summed E-state index contributed by atoms with van der Waals surface area (Å²) in [7, 11) is 0. The summed E-state index contributed by atoms with van der Waals surface area (Å²) in [6.07, 6.45) is 0.617. The summed E-state index contributed by atoms with van der Waals surface area (Å²) >= 11 is 0.